The van der Waals surface area contributed by atoms with Gasteiger partial charge in [-0.15, -0.1) is 0 Å². The molecule has 0 fully saturated rings. The molecule has 0 saturated carbocycles. The zero-order valence-electron chi connectivity index (χ0n) is 11.1. The van der Waals surface area contributed by atoms with E-state index >= 15 is 0 Å². The quantitative estimate of drug-likeness (QED) is 0.563. The maximum Gasteiger partial charge on any atom is 0.134 e. The third-order valence-corrected chi connectivity index (χ3v) is 3.60. The molecule has 0 N–H and O–H groups in total. The molecule has 0 amide bonds. The lowest BCUT2D eigenvalue weighted by Crippen LogP contribution is -1.88. The Kier molecular flexibility index (Phi) is 4.02. The molecule has 0 aliphatic heterocycles. The molecule has 0 radical (unpaired) electrons. The summed E-state index contributed by atoms with van der Waals surface area (Å²) >= 11 is 3.37. The van der Waals surface area contributed by atoms with Gasteiger partial charge >= 0.3 is 0 Å². The second-order valence-electron chi connectivity index (χ2n) is 4.56. The van der Waals surface area contributed by atoms with Crippen LogP contribution in [-0.4, -0.2) is 0 Å². The Morgan fingerprint density at radius 2 is 1.48 bits per heavy atom. The largest absolute Gasteiger partial charge is 0.457 e. The van der Waals surface area contributed by atoms with Gasteiger partial charge in [0.25, 0.3) is 0 Å². The lowest BCUT2D eigenvalue weighted by atomic mass is 10.1. The summed E-state index contributed by atoms with van der Waals surface area (Å²) in [5.74, 6) is 0.874. The van der Waals surface area contributed by atoms with Crippen molar-refractivity contribution >= 4 is 15.9 Å². The van der Waals surface area contributed by atoms with Crippen LogP contribution in [0.3, 0.4) is 0 Å². The Balaban J connectivity index is 1.88. The third kappa shape index (κ3) is 3.31. The summed E-state index contributed by atoms with van der Waals surface area (Å²) in [6, 6.07) is 21.8. The van der Waals surface area contributed by atoms with Crippen molar-refractivity contribution in [3.63, 3.8) is 0 Å². The molecule has 0 aromatic heterocycles. The van der Waals surface area contributed by atoms with Gasteiger partial charge in [0.1, 0.15) is 17.3 Å². The third-order valence-electron chi connectivity index (χ3n) is 3.07. The molecule has 0 aliphatic carbocycles. The van der Waals surface area contributed by atoms with Crippen LogP contribution >= 0.6 is 15.9 Å². The number of para-hydroxylation sites is 1. The van der Waals surface area contributed by atoms with Gasteiger partial charge in [-0.3, -0.25) is 0 Å². The molecule has 3 rings (SSSR count). The highest BCUT2D eigenvalue weighted by Crippen LogP contribution is 2.29. The number of benzene rings is 3. The van der Waals surface area contributed by atoms with E-state index in [0.717, 1.165) is 10.0 Å². The Bertz CT molecular complexity index is 739. The summed E-state index contributed by atoms with van der Waals surface area (Å²) in [5, 5.41) is 0. The number of hydrogen-bond donors (Lipinski definition) is 0. The predicted octanol–water partition coefficient (Wildman–Crippen LogP) is 6.05. The fourth-order valence-electron chi connectivity index (χ4n) is 2.05. The van der Waals surface area contributed by atoms with E-state index in [1.54, 1.807) is 12.1 Å². The van der Waals surface area contributed by atoms with Crippen molar-refractivity contribution in [3.8, 4) is 22.6 Å². The van der Waals surface area contributed by atoms with Crippen molar-refractivity contribution in [3.05, 3.63) is 83.1 Å². The molecule has 0 heterocycles. The van der Waals surface area contributed by atoms with Gasteiger partial charge in [-0.05, 0) is 42.0 Å². The molecule has 3 aromatic carbocycles. The molecule has 0 unspecified atom stereocenters. The predicted molar refractivity (Wildman–Crippen MR) is 86.1 cm³/mol. The Labute approximate surface area is 131 Å². The molecule has 0 aliphatic rings. The molecule has 0 atom stereocenters. The van der Waals surface area contributed by atoms with Crippen LogP contribution in [0.1, 0.15) is 0 Å². The van der Waals surface area contributed by atoms with E-state index in [1.165, 1.54) is 6.07 Å². The molecule has 3 aromatic rings. The van der Waals surface area contributed by atoms with Crippen LogP contribution in [0.15, 0.2) is 77.3 Å². The minimum Gasteiger partial charge on any atom is -0.457 e. The van der Waals surface area contributed by atoms with Crippen LogP contribution < -0.4 is 4.74 Å². The summed E-state index contributed by atoms with van der Waals surface area (Å²) in [4.78, 5) is 0. The van der Waals surface area contributed by atoms with Crippen LogP contribution in [0.4, 0.5) is 4.39 Å². The van der Waals surface area contributed by atoms with E-state index in [1.807, 2.05) is 54.6 Å². The summed E-state index contributed by atoms with van der Waals surface area (Å²) < 4.78 is 20.8. The molecule has 0 saturated heterocycles. The highest BCUT2D eigenvalue weighted by atomic mass is 79.9. The van der Waals surface area contributed by atoms with Crippen LogP contribution in [0.2, 0.25) is 0 Å². The van der Waals surface area contributed by atoms with E-state index < -0.39 is 0 Å². The molecule has 1 nitrogen and oxygen atoms in total. The van der Waals surface area contributed by atoms with Gasteiger partial charge in [-0.2, -0.15) is 0 Å². The first kappa shape index (κ1) is 13.8. The van der Waals surface area contributed by atoms with Crippen molar-refractivity contribution in [1.82, 2.24) is 0 Å². The van der Waals surface area contributed by atoms with Gasteiger partial charge in [-0.25, -0.2) is 4.39 Å². The molecule has 104 valence electrons. The van der Waals surface area contributed by atoms with Crippen molar-refractivity contribution < 1.29 is 9.13 Å². The standard InChI is InChI=1S/C18H12BrFO/c19-14-8-6-13(7-9-14)17-11-10-16(12-18(17)20)21-15-4-2-1-3-5-15/h1-12H. The SMILES string of the molecule is Fc1cc(Oc2ccccc2)ccc1-c1ccc(Br)cc1. The lowest BCUT2D eigenvalue weighted by Gasteiger charge is -2.08. The van der Waals surface area contributed by atoms with Gasteiger partial charge in [0.2, 0.25) is 0 Å². The molecule has 3 heteroatoms. The van der Waals surface area contributed by atoms with Crippen LogP contribution in [0.5, 0.6) is 11.5 Å². The van der Waals surface area contributed by atoms with Crippen molar-refractivity contribution in [1.29, 1.82) is 0 Å². The van der Waals surface area contributed by atoms with E-state index in [2.05, 4.69) is 15.9 Å². The zero-order valence-corrected chi connectivity index (χ0v) is 12.7. The molecule has 0 spiro atoms. The maximum atomic E-state index is 14.2. The van der Waals surface area contributed by atoms with Crippen LogP contribution in [0, 0.1) is 5.82 Å². The van der Waals surface area contributed by atoms with Crippen molar-refractivity contribution in [2.24, 2.45) is 0 Å². The first-order chi connectivity index (χ1) is 10.2. The number of rotatable bonds is 3. The first-order valence-corrected chi connectivity index (χ1v) is 7.30. The molecule has 0 bridgehead atoms. The van der Waals surface area contributed by atoms with Gasteiger partial charge in [0, 0.05) is 16.1 Å². The van der Waals surface area contributed by atoms with E-state index in [0.29, 0.717) is 17.1 Å². The topological polar surface area (TPSA) is 9.23 Å². The normalized spacial score (nSPS) is 10.4. The highest BCUT2D eigenvalue weighted by Gasteiger charge is 2.07. The number of ether oxygens (including phenoxy) is 1. The fourth-order valence-corrected chi connectivity index (χ4v) is 2.31. The fraction of sp³-hybridized carbons (Fsp3) is 0. The van der Waals surface area contributed by atoms with E-state index in [-0.39, 0.29) is 5.82 Å². The highest BCUT2D eigenvalue weighted by molar-refractivity contribution is 9.10. The Morgan fingerprint density at radius 1 is 0.762 bits per heavy atom. The number of hydrogen-bond acceptors (Lipinski definition) is 1. The maximum absolute atomic E-state index is 14.2. The Morgan fingerprint density at radius 3 is 2.14 bits per heavy atom. The van der Waals surface area contributed by atoms with E-state index in [9.17, 15) is 4.39 Å². The molecular formula is C18H12BrFO. The van der Waals surface area contributed by atoms with E-state index in [4.69, 9.17) is 4.74 Å². The van der Waals surface area contributed by atoms with Crippen molar-refractivity contribution in [2.75, 3.05) is 0 Å². The van der Waals surface area contributed by atoms with Gasteiger partial charge in [0.05, 0.1) is 0 Å². The average molecular weight is 343 g/mol. The average Bonchev–Trinajstić information content (AvgIpc) is 2.50. The van der Waals surface area contributed by atoms with Gasteiger partial charge in [0.15, 0.2) is 0 Å². The monoisotopic (exact) mass is 342 g/mol. The first-order valence-electron chi connectivity index (χ1n) is 6.51. The summed E-state index contributed by atoms with van der Waals surface area (Å²) in [7, 11) is 0. The smallest absolute Gasteiger partial charge is 0.134 e. The summed E-state index contributed by atoms with van der Waals surface area (Å²) in [5.41, 5.74) is 1.39. The summed E-state index contributed by atoms with van der Waals surface area (Å²) in [6.07, 6.45) is 0. The minimum absolute atomic E-state index is 0.300. The lowest BCUT2D eigenvalue weighted by molar-refractivity contribution is 0.477. The van der Waals surface area contributed by atoms with Gasteiger partial charge < -0.3 is 4.74 Å². The number of halogens is 2. The molecule has 21 heavy (non-hydrogen) atoms. The zero-order chi connectivity index (χ0) is 14.7. The van der Waals surface area contributed by atoms with Gasteiger partial charge in [-0.1, -0.05) is 46.3 Å². The second-order valence-corrected chi connectivity index (χ2v) is 5.48. The summed E-state index contributed by atoms with van der Waals surface area (Å²) in [6.45, 7) is 0. The second kappa shape index (κ2) is 6.10. The van der Waals surface area contributed by atoms with Crippen molar-refractivity contribution in [2.45, 2.75) is 0 Å². The van der Waals surface area contributed by atoms with Crippen LogP contribution in [0.25, 0.3) is 11.1 Å². The minimum atomic E-state index is -0.300. The molecular weight excluding hydrogens is 331 g/mol. The van der Waals surface area contributed by atoms with Crippen LogP contribution in [-0.2, 0) is 0 Å². The Hall–Kier alpha value is -2.13.